The monoisotopic (exact) mass is 288 g/mol. The third-order valence-corrected chi connectivity index (χ3v) is 5.07. The van der Waals surface area contributed by atoms with E-state index in [0.29, 0.717) is 0 Å². The highest BCUT2D eigenvalue weighted by Gasteiger charge is 2.31. The van der Waals surface area contributed by atoms with Gasteiger partial charge in [-0.25, -0.2) is 0 Å². The summed E-state index contributed by atoms with van der Waals surface area (Å²) in [4.78, 5) is 6.86. The predicted octanol–water partition coefficient (Wildman–Crippen LogP) is 5.37. The van der Waals surface area contributed by atoms with Crippen LogP contribution in [0, 0.1) is 0 Å². The molecular weight excluding hydrogens is 268 g/mol. The maximum Gasteiger partial charge on any atom is 0.0457 e. The van der Waals surface area contributed by atoms with Crippen LogP contribution in [0.5, 0.6) is 0 Å². The molecule has 0 fully saturated rings. The Labute approximate surface area is 130 Å². The standard InChI is InChI=1S/C20H20N2/c1-3-20(2,16-12-21-18-10-6-4-8-14(16)18)17-13-22-19-11-7-5-9-15(17)19/h4-13,21-22H,3H2,1-2H3. The van der Waals surface area contributed by atoms with Gasteiger partial charge in [0.05, 0.1) is 0 Å². The number of hydrogen-bond donors (Lipinski definition) is 2. The molecule has 2 nitrogen and oxygen atoms in total. The van der Waals surface area contributed by atoms with Crippen molar-refractivity contribution in [2.75, 3.05) is 0 Å². The number of para-hydroxylation sites is 2. The minimum absolute atomic E-state index is 0.0147. The zero-order valence-electron chi connectivity index (χ0n) is 13.0. The van der Waals surface area contributed by atoms with E-state index in [9.17, 15) is 0 Å². The van der Waals surface area contributed by atoms with E-state index < -0.39 is 0 Å². The summed E-state index contributed by atoms with van der Waals surface area (Å²) in [5, 5.41) is 2.63. The second-order valence-electron chi connectivity index (χ2n) is 6.18. The van der Waals surface area contributed by atoms with Crippen molar-refractivity contribution in [3.05, 3.63) is 72.1 Å². The molecule has 2 heterocycles. The van der Waals surface area contributed by atoms with E-state index in [1.165, 1.54) is 32.9 Å². The van der Waals surface area contributed by atoms with Crippen molar-refractivity contribution in [3.63, 3.8) is 0 Å². The molecule has 0 saturated heterocycles. The molecular formula is C20H20N2. The minimum Gasteiger partial charge on any atom is -0.361 e. The summed E-state index contributed by atoms with van der Waals surface area (Å²) >= 11 is 0. The Balaban J connectivity index is 2.00. The van der Waals surface area contributed by atoms with Gasteiger partial charge in [-0.2, -0.15) is 0 Å². The van der Waals surface area contributed by atoms with E-state index in [-0.39, 0.29) is 5.41 Å². The number of aromatic nitrogens is 2. The fourth-order valence-electron chi connectivity index (χ4n) is 3.58. The molecule has 0 saturated carbocycles. The highest BCUT2D eigenvalue weighted by atomic mass is 14.7. The van der Waals surface area contributed by atoms with E-state index in [1.807, 2.05) is 0 Å². The topological polar surface area (TPSA) is 31.6 Å². The first-order valence-electron chi connectivity index (χ1n) is 7.87. The zero-order chi connectivity index (χ0) is 15.2. The van der Waals surface area contributed by atoms with Crippen molar-refractivity contribution < 1.29 is 0 Å². The molecule has 0 atom stereocenters. The Morgan fingerprint density at radius 3 is 1.68 bits per heavy atom. The molecule has 2 aromatic carbocycles. The van der Waals surface area contributed by atoms with Gasteiger partial charge in [0, 0.05) is 39.6 Å². The van der Waals surface area contributed by atoms with E-state index in [1.54, 1.807) is 0 Å². The number of H-pyrrole nitrogens is 2. The van der Waals surface area contributed by atoms with Crippen LogP contribution in [-0.4, -0.2) is 9.97 Å². The Hall–Kier alpha value is -2.48. The quantitative estimate of drug-likeness (QED) is 0.508. The lowest BCUT2D eigenvalue weighted by molar-refractivity contribution is 0.559. The molecule has 4 aromatic rings. The van der Waals surface area contributed by atoms with Crippen LogP contribution in [0.4, 0.5) is 0 Å². The first kappa shape index (κ1) is 13.2. The van der Waals surface area contributed by atoms with E-state index in [2.05, 4.69) is 84.7 Å². The van der Waals surface area contributed by atoms with Crippen LogP contribution in [0.3, 0.4) is 0 Å². The molecule has 4 rings (SSSR count). The molecule has 0 aliphatic carbocycles. The number of nitrogens with one attached hydrogen (secondary N) is 2. The summed E-state index contributed by atoms with van der Waals surface area (Å²) in [5.74, 6) is 0. The maximum absolute atomic E-state index is 3.43. The van der Waals surface area contributed by atoms with Gasteiger partial charge in [-0.3, -0.25) is 0 Å². The van der Waals surface area contributed by atoms with Crippen LogP contribution >= 0.6 is 0 Å². The Kier molecular flexibility index (Phi) is 2.86. The average Bonchev–Trinajstić information content (AvgIpc) is 3.19. The molecule has 0 amide bonds. The lowest BCUT2D eigenvalue weighted by Gasteiger charge is -2.28. The fourth-order valence-corrected chi connectivity index (χ4v) is 3.58. The first-order valence-corrected chi connectivity index (χ1v) is 7.87. The number of hydrogen-bond acceptors (Lipinski definition) is 0. The second kappa shape index (κ2) is 4.77. The zero-order valence-corrected chi connectivity index (χ0v) is 13.0. The van der Waals surface area contributed by atoms with E-state index >= 15 is 0 Å². The lowest BCUT2D eigenvalue weighted by Crippen LogP contribution is -2.21. The molecule has 0 radical (unpaired) electrons. The maximum atomic E-state index is 3.43. The predicted molar refractivity (Wildman–Crippen MR) is 93.3 cm³/mol. The van der Waals surface area contributed by atoms with Crippen molar-refractivity contribution in [2.24, 2.45) is 0 Å². The van der Waals surface area contributed by atoms with Crippen LogP contribution < -0.4 is 0 Å². The summed E-state index contributed by atoms with van der Waals surface area (Å²) in [6.07, 6.45) is 5.41. The van der Waals surface area contributed by atoms with Crippen LogP contribution in [0.1, 0.15) is 31.4 Å². The number of benzene rings is 2. The Bertz CT molecular complexity index is 868. The van der Waals surface area contributed by atoms with Crippen LogP contribution in [-0.2, 0) is 5.41 Å². The van der Waals surface area contributed by atoms with Gasteiger partial charge in [-0.05, 0) is 29.7 Å². The number of aromatic amines is 2. The number of rotatable bonds is 3. The summed E-state index contributed by atoms with van der Waals surface area (Å²) < 4.78 is 0. The minimum atomic E-state index is -0.0147. The molecule has 0 aliphatic rings. The summed E-state index contributed by atoms with van der Waals surface area (Å²) in [6.45, 7) is 4.61. The normalized spacial score (nSPS) is 12.3. The molecule has 0 aliphatic heterocycles. The molecule has 22 heavy (non-hydrogen) atoms. The summed E-state index contributed by atoms with van der Waals surface area (Å²) in [7, 11) is 0. The van der Waals surface area contributed by atoms with Gasteiger partial charge in [0.2, 0.25) is 0 Å². The van der Waals surface area contributed by atoms with Crippen molar-refractivity contribution in [1.29, 1.82) is 0 Å². The highest BCUT2D eigenvalue weighted by Crippen LogP contribution is 2.41. The van der Waals surface area contributed by atoms with Crippen molar-refractivity contribution >= 4 is 21.8 Å². The third-order valence-electron chi connectivity index (χ3n) is 5.07. The number of fused-ring (bicyclic) bond motifs is 2. The average molecular weight is 288 g/mol. The van der Waals surface area contributed by atoms with Gasteiger partial charge >= 0.3 is 0 Å². The van der Waals surface area contributed by atoms with Crippen molar-refractivity contribution in [3.8, 4) is 0 Å². The molecule has 0 bridgehead atoms. The first-order chi connectivity index (χ1) is 10.7. The van der Waals surface area contributed by atoms with Gasteiger partial charge in [-0.15, -0.1) is 0 Å². The van der Waals surface area contributed by atoms with Crippen LogP contribution in [0.25, 0.3) is 21.8 Å². The van der Waals surface area contributed by atoms with Gasteiger partial charge in [0.25, 0.3) is 0 Å². The van der Waals surface area contributed by atoms with Gasteiger partial charge < -0.3 is 9.97 Å². The molecule has 0 unspecified atom stereocenters. The van der Waals surface area contributed by atoms with E-state index in [4.69, 9.17) is 0 Å². The van der Waals surface area contributed by atoms with Gasteiger partial charge in [0.15, 0.2) is 0 Å². The SMILES string of the molecule is CCC(C)(c1c[nH]c2ccccc12)c1c[nH]c2ccccc12. The van der Waals surface area contributed by atoms with Crippen LogP contribution in [0.2, 0.25) is 0 Å². The molecule has 2 aromatic heterocycles. The Morgan fingerprint density at radius 1 is 0.773 bits per heavy atom. The van der Waals surface area contributed by atoms with Crippen molar-refractivity contribution in [1.82, 2.24) is 9.97 Å². The highest BCUT2D eigenvalue weighted by molar-refractivity contribution is 5.89. The Morgan fingerprint density at radius 2 is 1.23 bits per heavy atom. The molecule has 2 N–H and O–H groups in total. The fraction of sp³-hybridized carbons (Fsp3) is 0.200. The molecule has 110 valence electrons. The molecule has 2 heteroatoms. The smallest absolute Gasteiger partial charge is 0.0457 e. The lowest BCUT2D eigenvalue weighted by atomic mass is 9.74. The van der Waals surface area contributed by atoms with E-state index in [0.717, 1.165) is 6.42 Å². The van der Waals surface area contributed by atoms with Crippen molar-refractivity contribution in [2.45, 2.75) is 25.7 Å². The second-order valence-corrected chi connectivity index (χ2v) is 6.18. The largest absolute Gasteiger partial charge is 0.361 e. The summed E-state index contributed by atoms with van der Waals surface area (Å²) in [6, 6.07) is 17.1. The summed E-state index contributed by atoms with van der Waals surface area (Å²) in [5.41, 5.74) is 5.14. The molecule has 0 spiro atoms. The van der Waals surface area contributed by atoms with Gasteiger partial charge in [-0.1, -0.05) is 50.2 Å². The third kappa shape index (κ3) is 1.73. The van der Waals surface area contributed by atoms with Gasteiger partial charge in [0.1, 0.15) is 0 Å². The van der Waals surface area contributed by atoms with Crippen LogP contribution in [0.15, 0.2) is 60.9 Å².